The van der Waals surface area contributed by atoms with Gasteiger partial charge in [0.2, 0.25) is 0 Å². The summed E-state index contributed by atoms with van der Waals surface area (Å²) in [6.45, 7) is 1.70. The molecule has 0 saturated carbocycles. The fraction of sp³-hybridized carbons (Fsp3) is 0.0769. The van der Waals surface area contributed by atoms with Crippen molar-refractivity contribution >= 4 is 33.8 Å². The van der Waals surface area contributed by atoms with E-state index in [9.17, 15) is 14.4 Å². The summed E-state index contributed by atoms with van der Waals surface area (Å²) in [4.78, 5) is 42.3. The number of carbonyl (C=O) groups excluding carboxylic acids is 2. The standard InChI is InChI=1S/C26H20N4O4/c1-16-10-12-17(13-11-16)21-14-19(18-6-2-3-7-20(18)27-21)25(32)29-28-24(31)15-30-22-8-4-5-9-23(22)34-26(30)33/h2-14H,15H2,1H3,(H,28,31)(H,29,32). The predicted molar refractivity (Wildman–Crippen MR) is 128 cm³/mol. The van der Waals surface area contributed by atoms with Crippen molar-refractivity contribution in [1.29, 1.82) is 0 Å². The lowest BCUT2D eigenvalue weighted by Crippen LogP contribution is -2.44. The van der Waals surface area contributed by atoms with Crippen LogP contribution in [-0.4, -0.2) is 21.4 Å². The van der Waals surface area contributed by atoms with Gasteiger partial charge in [-0.2, -0.15) is 0 Å². The van der Waals surface area contributed by atoms with Crippen molar-refractivity contribution in [3.05, 3.63) is 101 Å². The summed E-state index contributed by atoms with van der Waals surface area (Å²) in [5.74, 6) is -1.71. The van der Waals surface area contributed by atoms with Crippen LogP contribution in [0.3, 0.4) is 0 Å². The molecule has 0 spiro atoms. The van der Waals surface area contributed by atoms with Crippen molar-refractivity contribution in [2.45, 2.75) is 13.5 Å². The molecule has 0 saturated heterocycles. The minimum Gasteiger partial charge on any atom is -0.408 e. The highest BCUT2D eigenvalue weighted by Crippen LogP contribution is 2.25. The largest absolute Gasteiger partial charge is 0.420 e. The summed E-state index contributed by atoms with van der Waals surface area (Å²) in [6, 6.07) is 23.7. The molecule has 5 rings (SSSR count). The van der Waals surface area contributed by atoms with Crippen molar-refractivity contribution in [3.8, 4) is 11.3 Å². The van der Waals surface area contributed by atoms with Crippen LogP contribution in [0.5, 0.6) is 0 Å². The summed E-state index contributed by atoms with van der Waals surface area (Å²) in [5.41, 5.74) is 9.38. The van der Waals surface area contributed by atoms with Crippen LogP contribution in [0.2, 0.25) is 0 Å². The van der Waals surface area contributed by atoms with Crippen LogP contribution in [-0.2, 0) is 11.3 Å². The van der Waals surface area contributed by atoms with E-state index in [1.807, 2.05) is 49.4 Å². The van der Waals surface area contributed by atoms with Gasteiger partial charge >= 0.3 is 5.76 Å². The molecule has 168 valence electrons. The number of nitrogens with one attached hydrogen (secondary N) is 2. The van der Waals surface area contributed by atoms with Crippen LogP contribution in [0, 0.1) is 6.92 Å². The van der Waals surface area contributed by atoms with Crippen LogP contribution >= 0.6 is 0 Å². The average Bonchev–Trinajstić information content (AvgIpc) is 3.17. The molecular weight excluding hydrogens is 432 g/mol. The third-order valence-corrected chi connectivity index (χ3v) is 5.50. The van der Waals surface area contributed by atoms with Crippen molar-refractivity contribution in [1.82, 2.24) is 20.4 Å². The van der Waals surface area contributed by atoms with Crippen LogP contribution in [0.1, 0.15) is 15.9 Å². The molecule has 2 amide bonds. The minimum atomic E-state index is -0.648. The molecule has 34 heavy (non-hydrogen) atoms. The number of benzene rings is 3. The second-order valence-corrected chi connectivity index (χ2v) is 7.86. The first kappa shape index (κ1) is 21.1. The van der Waals surface area contributed by atoms with Gasteiger partial charge in [0.1, 0.15) is 6.54 Å². The van der Waals surface area contributed by atoms with Crippen molar-refractivity contribution in [2.75, 3.05) is 0 Å². The highest BCUT2D eigenvalue weighted by atomic mass is 16.4. The van der Waals surface area contributed by atoms with Gasteiger partial charge < -0.3 is 4.42 Å². The fourth-order valence-electron chi connectivity index (χ4n) is 3.78. The van der Waals surface area contributed by atoms with E-state index >= 15 is 0 Å². The topological polar surface area (TPSA) is 106 Å². The first-order chi connectivity index (χ1) is 16.5. The number of carbonyl (C=O) groups is 2. The number of aryl methyl sites for hydroxylation is 1. The summed E-state index contributed by atoms with van der Waals surface area (Å²) < 4.78 is 6.34. The van der Waals surface area contributed by atoms with Gasteiger partial charge in [-0.1, -0.05) is 60.2 Å². The van der Waals surface area contributed by atoms with Gasteiger partial charge in [0.25, 0.3) is 11.8 Å². The molecule has 0 aliphatic carbocycles. The van der Waals surface area contributed by atoms with Gasteiger partial charge in [0.05, 0.1) is 22.3 Å². The highest BCUT2D eigenvalue weighted by molar-refractivity contribution is 6.07. The van der Waals surface area contributed by atoms with Crippen molar-refractivity contribution in [3.63, 3.8) is 0 Å². The number of hydrogen-bond acceptors (Lipinski definition) is 5. The number of para-hydroxylation sites is 3. The van der Waals surface area contributed by atoms with Gasteiger partial charge in [0, 0.05) is 10.9 Å². The fourth-order valence-corrected chi connectivity index (χ4v) is 3.78. The quantitative estimate of drug-likeness (QED) is 0.406. The molecule has 8 nitrogen and oxygen atoms in total. The Hall–Kier alpha value is -4.72. The Balaban J connectivity index is 1.38. The lowest BCUT2D eigenvalue weighted by atomic mass is 10.0. The van der Waals surface area contributed by atoms with Crippen molar-refractivity contribution in [2.24, 2.45) is 0 Å². The van der Waals surface area contributed by atoms with Gasteiger partial charge in [-0.25, -0.2) is 9.78 Å². The molecule has 0 fully saturated rings. The molecule has 2 N–H and O–H groups in total. The second-order valence-electron chi connectivity index (χ2n) is 7.86. The van der Waals surface area contributed by atoms with E-state index in [1.54, 1.807) is 36.4 Å². The number of rotatable bonds is 4. The lowest BCUT2D eigenvalue weighted by Gasteiger charge is -2.12. The molecule has 0 radical (unpaired) electrons. The maximum absolute atomic E-state index is 13.0. The summed E-state index contributed by atoms with van der Waals surface area (Å²) >= 11 is 0. The van der Waals surface area contributed by atoms with E-state index in [4.69, 9.17) is 4.42 Å². The van der Waals surface area contributed by atoms with Gasteiger partial charge in [-0.05, 0) is 31.2 Å². The lowest BCUT2D eigenvalue weighted by molar-refractivity contribution is -0.122. The number of hydrogen-bond donors (Lipinski definition) is 2. The Morgan fingerprint density at radius 1 is 0.941 bits per heavy atom. The Labute approximate surface area is 193 Å². The van der Waals surface area contributed by atoms with E-state index in [1.165, 1.54) is 4.57 Å². The number of oxazole rings is 1. The second kappa shape index (κ2) is 8.67. The van der Waals surface area contributed by atoms with Crippen LogP contribution in [0.25, 0.3) is 33.3 Å². The Morgan fingerprint density at radius 3 is 2.50 bits per heavy atom. The molecule has 8 heteroatoms. The molecular formula is C26H20N4O4. The zero-order chi connectivity index (χ0) is 23.7. The van der Waals surface area contributed by atoms with Gasteiger partial charge in [-0.15, -0.1) is 0 Å². The van der Waals surface area contributed by atoms with E-state index in [2.05, 4.69) is 15.8 Å². The first-order valence-electron chi connectivity index (χ1n) is 10.6. The van der Waals surface area contributed by atoms with E-state index in [-0.39, 0.29) is 6.54 Å². The zero-order valence-corrected chi connectivity index (χ0v) is 18.2. The Kier molecular flexibility index (Phi) is 5.39. The third-order valence-electron chi connectivity index (χ3n) is 5.50. The molecule has 0 aliphatic rings. The number of hydrazine groups is 1. The third kappa shape index (κ3) is 4.04. The van der Waals surface area contributed by atoms with Crippen LogP contribution < -0.4 is 16.6 Å². The van der Waals surface area contributed by atoms with Crippen LogP contribution in [0.4, 0.5) is 0 Å². The maximum Gasteiger partial charge on any atom is 0.420 e. The molecule has 3 aromatic carbocycles. The molecule has 2 heterocycles. The Morgan fingerprint density at radius 2 is 1.68 bits per heavy atom. The average molecular weight is 452 g/mol. The highest BCUT2D eigenvalue weighted by Gasteiger charge is 2.16. The molecule has 0 bridgehead atoms. The number of fused-ring (bicyclic) bond motifs is 2. The van der Waals surface area contributed by atoms with E-state index in [0.29, 0.717) is 33.3 Å². The first-order valence-corrected chi connectivity index (χ1v) is 10.6. The molecule has 0 unspecified atom stereocenters. The number of amides is 2. The van der Waals surface area contributed by atoms with Gasteiger partial charge in [-0.3, -0.25) is 25.0 Å². The Bertz CT molecular complexity index is 1600. The normalized spacial score (nSPS) is 11.0. The molecule has 2 aromatic heterocycles. The number of pyridine rings is 1. The van der Waals surface area contributed by atoms with Crippen molar-refractivity contribution < 1.29 is 14.0 Å². The number of nitrogens with zero attached hydrogens (tertiary/aromatic N) is 2. The van der Waals surface area contributed by atoms with E-state index < -0.39 is 17.6 Å². The maximum atomic E-state index is 13.0. The minimum absolute atomic E-state index is 0.304. The summed E-state index contributed by atoms with van der Waals surface area (Å²) in [7, 11) is 0. The van der Waals surface area contributed by atoms with Gasteiger partial charge in [0.15, 0.2) is 5.58 Å². The molecule has 0 aliphatic heterocycles. The molecule has 5 aromatic rings. The smallest absolute Gasteiger partial charge is 0.408 e. The zero-order valence-electron chi connectivity index (χ0n) is 18.2. The van der Waals surface area contributed by atoms with Crippen LogP contribution in [0.15, 0.2) is 88.1 Å². The van der Waals surface area contributed by atoms with E-state index in [0.717, 1.165) is 11.1 Å². The SMILES string of the molecule is Cc1ccc(-c2cc(C(=O)NNC(=O)Cn3c(=O)oc4ccccc43)c3ccccc3n2)cc1. The summed E-state index contributed by atoms with van der Waals surface area (Å²) in [6.07, 6.45) is 0. The monoisotopic (exact) mass is 452 g/mol. The molecule has 0 atom stereocenters. The number of aromatic nitrogens is 2. The predicted octanol–water partition coefficient (Wildman–Crippen LogP) is 3.58. The summed E-state index contributed by atoms with van der Waals surface area (Å²) in [5, 5.41) is 0.655.